The summed E-state index contributed by atoms with van der Waals surface area (Å²) in [5.41, 5.74) is 7.34. The average molecular weight is 526 g/mol. The summed E-state index contributed by atoms with van der Waals surface area (Å²) in [6, 6.07) is 11.6. The van der Waals surface area contributed by atoms with Crippen LogP contribution in [0.25, 0.3) is 0 Å². The first-order valence-corrected chi connectivity index (χ1v) is 8.44. The van der Waals surface area contributed by atoms with E-state index >= 15 is 0 Å². The largest absolute Gasteiger partial charge is 0.573 e. The molecule has 5 nitrogen and oxygen atoms in total. The number of aliphatic imine (C=N–C) groups is 1. The van der Waals surface area contributed by atoms with Crippen molar-refractivity contribution in [3.63, 3.8) is 0 Å². The van der Waals surface area contributed by atoms with Gasteiger partial charge in [0.25, 0.3) is 0 Å². The Hall–Kier alpha value is -2.08. The minimum atomic E-state index is -4.72. The van der Waals surface area contributed by atoms with E-state index in [4.69, 9.17) is 5.73 Å². The normalized spacial score (nSPS) is 13.0. The number of ether oxygens (including phenoxy) is 1. The van der Waals surface area contributed by atoms with Gasteiger partial charge in [0, 0.05) is 6.54 Å². The van der Waals surface area contributed by atoms with Crippen molar-refractivity contribution >= 4 is 29.9 Å². The second-order valence-electron chi connectivity index (χ2n) is 6.31. The van der Waals surface area contributed by atoms with Gasteiger partial charge in [-0.1, -0.05) is 24.3 Å². The maximum Gasteiger partial charge on any atom is 0.573 e. The van der Waals surface area contributed by atoms with Gasteiger partial charge in [-0.25, -0.2) is 9.38 Å². The lowest BCUT2D eigenvalue weighted by molar-refractivity contribution is -0.274. The highest BCUT2D eigenvalue weighted by Crippen LogP contribution is 2.23. The van der Waals surface area contributed by atoms with Gasteiger partial charge < -0.3 is 20.7 Å². The number of nitrogens with two attached hydrogens (primary N) is 1. The monoisotopic (exact) mass is 526 g/mol. The van der Waals surface area contributed by atoms with Crippen LogP contribution in [0.15, 0.2) is 53.5 Å². The van der Waals surface area contributed by atoms with E-state index in [2.05, 4.69) is 15.0 Å². The number of benzene rings is 2. The van der Waals surface area contributed by atoms with Gasteiger partial charge in [-0.2, -0.15) is 0 Å². The van der Waals surface area contributed by atoms with Crippen LogP contribution in [0.4, 0.5) is 17.6 Å². The fraction of sp³-hybridized carbons (Fsp3) is 0.316. The van der Waals surface area contributed by atoms with Gasteiger partial charge in [-0.15, -0.1) is 37.1 Å². The molecule has 0 heterocycles. The molecule has 0 fully saturated rings. The number of hydrogen-bond acceptors (Lipinski definition) is 3. The van der Waals surface area contributed by atoms with Gasteiger partial charge in [0.05, 0.1) is 12.6 Å². The van der Waals surface area contributed by atoms with Crippen molar-refractivity contribution in [3.8, 4) is 5.75 Å². The summed E-state index contributed by atoms with van der Waals surface area (Å²) in [5, 5.41) is 2.98. The van der Waals surface area contributed by atoms with E-state index in [0.29, 0.717) is 12.1 Å². The Morgan fingerprint density at radius 3 is 2.38 bits per heavy atom. The Balaban J connectivity index is 0.00000420. The smallest absolute Gasteiger partial charge is 0.406 e. The van der Waals surface area contributed by atoms with E-state index in [9.17, 15) is 17.6 Å². The summed E-state index contributed by atoms with van der Waals surface area (Å²) in [4.78, 5) is 6.09. The van der Waals surface area contributed by atoms with Crippen LogP contribution in [0.1, 0.15) is 17.2 Å². The summed E-state index contributed by atoms with van der Waals surface area (Å²) in [6.45, 7) is 0.599. The van der Waals surface area contributed by atoms with Crippen molar-refractivity contribution in [1.82, 2.24) is 10.2 Å². The molecule has 1 unspecified atom stereocenters. The molecule has 0 aliphatic heterocycles. The Labute approximate surface area is 184 Å². The number of nitrogens with zero attached hydrogens (tertiary/aromatic N) is 2. The Kier molecular flexibility index (Phi) is 9.63. The Bertz CT molecular complexity index is 798. The predicted octanol–water partition coefficient (Wildman–Crippen LogP) is 4.05. The molecule has 0 saturated heterocycles. The van der Waals surface area contributed by atoms with Crippen LogP contribution >= 0.6 is 24.0 Å². The van der Waals surface area contributed by atoms with E-state index < -0.39 is 6.36 Å². The molecule has 0 radical (unpaired) electrons. The first kappa shape index (κ1) is 25.0. The van der Waals surface area contributed by atoms with E-state index in [-0.39, 0.29) is 54.1 Å². The molecule has 3 N–H and O–H groups in total. The third-order valence-corrected chi connectivity index (χ3v) is 3.92. The highest BCUT2D eigenvalue weighted by atomic mass is 127. The topological polar surface area (TPSA) is 62.9 Å². The second kappa shape index (κ2) is 11.2. The number of likely N-dealkylation sites (N-methyl/N-ethyl adjacent to an activating group) is 1. The van der Waals surface area contributed by atoms with Crippen LogP contribution in [0, 0.1) is 5.82 Å². The molecule has 2 rings (SSSR count). The molecule has 10 heteroatoms. The summed E-state index contributed by atoms with van der Waals surface area (Å²) < 4.78 is 53.7. The van der Waals surface area contributed by atoms with Crippen LogP contribution in [0.2, 0.25) is 0 Å². The predicted molar refractivity (Wildman–Crippen MR) is 115 cm³/mol. The van der Waals surface area contributed by atoms with Gasteiger partial charge >= 0.3 is 6.36 Å². The van der Waals surface area contributed by atoms with Crippen LogP contribution in [-0.4, -0.2) is 37.9 Å². The minimum Gasteiger partial charge on any atom is -0.406 e. The quantitative estimate of drug-likeness (QED) is 0.248. The van der Waals surface area contributed by atoms with Crippen molar-refractivity contribution < 1.29 is 22.3 Å². The maximum atomic E-state index is 13.5. The lowest BCUT2D eigenvalue weighted by atomic mass is 10.1. The zero-order chi connectivity index (χ0) is 20.7. The molecule has 160 valence electrons. The Morgan fingerprint density at radius 1 is 1.17 bits per heavy atom. The fourth-order valence-corrected chi connectivity index (χ4v) is 2.54. The number of halogens is 5. The molecule has 0 saturated carbocycles. The van der Waals surface area contributed by atoms with Crippen molar-refractivity contribution in [2.45, 2.75) is 18.9 Å². The molecule has 29 heavy (non-hydrogen) atoms. The van der Waals surface area contributed by atoms with Gasteiger partial charge in [0.15, 0.2) is 5.96 Å². The first-order valence-electron chi connectivity index (χ1n) is 8.44. The van der Waals surface area contributed by atoms with Crippen LogP contribution in [-0.2, 0) is 6.54 Å². The molecule has 0 spiro atoms. The molecule has 2 aromatic rings. The van der Waals surface area contributed by atoms with Gasteiger partial charge in [0.1, 0.15) is 11.6 Å². The van der Waals surface area contributed by atoms with Crippen molar-refractivity contribution in [2.24, 2.45) is 10.7 Å². The number of alkyl halides is 3. The standard InChI is InChI=1S/C19H22F4N4O.HI/c1-27(2)17(14-4-3-5-15(20)10-14)12-26-18(24)25-11-13-6-8-16(9-7-13)28-19(21,22)23;/h3-10,17H,11-12H2,1-2H3,(H3,24,25,26);1H. The summed E-state index contributed by atoms with van der Waals surface area (Å²) >= 11 is 0. The molecule has 0 aromatic heterocycles. The van der Waals surface area contributed by atoms with Crippen molar-refractivity contribution in [2.75, 3.05) is 20.6 Å². The molecular formula is C19H23F4IN4O. The van der Waals surface area contributed by atoms with Crippen molar-refractivity contribution in [1.29, 1.82) is 0 Å². The number of rotatable bonds is 7. The SMILES string of the molecule is CN(C)C(CNC(N)=NCc1ccc(OC(F)(F)F)cc1)c1cccc(F)c1.I. The number of guanidine groups is 1. The lowest BCUT2D eigenvalue weighted by Gasteiger charge is -2.25. The molecular weight excluding hydrogens is 503 g/mol. The minimum absolute atomic E-state index is 0. The maximum absolute atomic E-state index is 13.5. The number of hydrogen-bond donors (Lipinski definition) is 2. The highest BCUT2D eigenvalue weighted by molar-refractivity contribution is 14.0. The first-order chi connectivity index (χ1) is 13.1. The van der Waals surface area contributed by atoms with E-state index in [1.807, 2.05) is 25.1 Å². The molecule has 2 aromatic carbocycles. The molecule has 0 bridgehead atoms. The van der Waals surface area contributed by atoms with Crippen LogP contribution in [0.3, 0.4) is 0 Å². The molecule has 1 atom stereocenters. The van der Waals surface area contributed by atoms with E-state index in [1.54, 1.807) is 6.07 Å². The third-order valence-electron chi connectivity index (χ3n) is 3.92. The van der Waals surface area contributed by atoms with Gasteiger partial charge in [-0.3, -0.25) is 0 Å². The zero-order valence-corrected chi connectivity index (χ0v) is 18.2. The summed E-state index contributed by atoms with van der Waals surface area (Å²) in [6.07, 6.45) is -4.72. The lowest BCUT2D eigenvalue weighted by Crippen LogP contribution is -2.38. The van der Waals surface area contributed by atoms with Gasteiger partial charge in [-0.05, 0) is 49.5 Å². The molecule has 0 aliphatic rings. The number of nitrogens with one attached hydrogen (secondary N) is 1. The molecule has 0 amide bonds. The summed E-state index contributed by atoms with van der Waals surface area (Å²) in [5.74, 6) is -0.432. The van der Waals surface area contributed by atoms with Crippen LogP contribution < -0.4 is 15.8 Å². The Morgan fingerprint density at radius 2 is 1.83 bits per heavy atom. The second-order valence-corrected chi connectivity index (χ2v) is 6.31. The van der Waals surface area contributed by atoms with E-state index in [0.717, 1.165) is 5.56 Å². The summed E-state index contributed by atoms with van der Waals surface area (Å²) in [7, 11) is 3.74. The third kappa shape index (κ3) is 8.86. The zero-order valence-electron chi connectivity index (χ0n) is 15.9. The van der Waals surface area contributed by atoms with E-state index in [1.165, 1.54) is 36.4 Å². The van der Waals surface area contributed by atoms with Crippen LogP contribution in [0.5, 0.6) is 5.75 Å². The van der Waals surface area contributed by atoms with Crippen molar-refractivity contribution in [3.05, 3.63) is 65.5 Å². The average Bonchev–Trinajstić information content (AvgIpc) is 2.60. The fourth-order valence-electron chi connectivity index (χ4n) is 2.54. The molecule has 0 aliphatic carbocycles. The van der Waals surface area contributed by atoms with Gasteiger partial charge in [0.2, 0.25) is 0 Å². The highest BCUT2D eigenvalue weighted by Gasteiger charge is 2.30.